The molecule has 0 radical (unpaired) electrons. The molecule has 0 aromatic carbocycles. The van der Waals surface area contributed by atoms with Gasteiger partial charge in [0.25, 0.3) is 5.56 Å². The summed E-state index contributed by atoms with van der Waals surface area (Å²) in [6.45, 7) is 1.59. The van der Waals surface area contributed by atoms with Crippen molar-refractivity contribution in [3.63, 3.8) is 0 Å². The van der Waals surface area contributed by atoms with Crippen molar-refractivity contribution < 1.29 is 9.90 Å². The van der Waals surface area contributed by atoms with Crippen LogP contribution >= 0.6 is 15.9 Å². The minimum atomic E-state index is -0.891. The molecule has 1 saturated heterocycles. The molecule has 1 N–H and O–H groups in total. The van der Waals surface area contributed by atoms with Gasteiger partial charge in [-0.1, -0.05) is 0 Å². The van der Waals surface area contributed by atoms with Crippen molar-refractivity contribution in [2.24, 2.45) is 5.92 Å². The second kappa shape index (κ2) is 4.29. The number of pyridine rings is 1. The van der Waals surface area contributed by atoms with Crippen molar-refractivity contribution in [2.75, 3.05) is 13.1 Å². The number of likely N-dealkylation sites (tertiary alicyclic amines) is 1. The third-order valence-corrected chi connectivity index (χ3v) is 3.10. The third kappa shape index (κ3) is 2.27. The topological polar surface area (TPSA) is 62.5 Å². The van der Waals surface area contributed by atoms with E-state index in [2.05, 4.69) is 15.9 Å². The molecule has 1 aliphatic heterocycles. The molecule has 0 bridgehead atoms. The largest absolute Gasteiger partial charge is 0.465 e. The molecule has 0 spiro atoms. The zero-order chi connectivity index (χ0) is 11.7. The van der Waals surface area contributed by atoms with Gasteiger partial charge in [0.15, 0.2) is 0 Å². The Balaban J connectivity index is 1.99. The molecule has 0 aliphatic carbocycles. The van der Waals surface area contributed by atoms with Crippen LogP contribution in [0.4, 0.5) is 4.79 Å². The molecule has 6 heteroatoms. The lowest BCUT2D eigenvalue weighted by atomic mass is 10.0. The molecular formula is C10H11BrN2O3. The van der Waals surface area contributed by atoms with Crippen molar-refractivity contribution in [3.05, 3.63) is 33.2 Å². The molecule has 86 valence electrons. The lowest BCUT2D eigenvalue weighted by Gasteiger charge is -2.37. The summed E-state index contributed by atoms with van der Waals surface area (Å²) in [5.41, 5.74) is -0.0584. The van der Waals surface area contributed by atoms with Crippen LogP contribution in [0.25, 0.3) is 0 Å². The highest BCUT2D eigenvalue weighted by Gasteiger charge is 2.30. The Labute approximate surface area is 100 Å². The molecule has 1 aromatic rings. The number of hydrogen-bond donors (Lipinski definition) is 1. The van der Waals surface area contributed by atoms with Gasteiger partial charge in [0, 0.05) is 42.3 Å². The van der Waals surface area contributed by atoms with Gasteiger partial charge in [0.1, 0.15) is 0 Å². The first kappa shape index (κ1) is 11.2. The van der Waals surface area contributed by atoms with Crippen LogP contribution in [0.1, 0.15) is 0 Å². The molecule has 2 heterocycles. The zero-order valence-electron chi connectivity index (χ0n) is 8.47. The van der Waals surface area contributed by atoms with Crippen LogP contribution in [0.3, 0.4) is 0 Å². The Bertz CT molecular complexity index is 465. The maximum atomic E-state index is 11.5. The van der Waals surface area contributed by atoms with Crippen LogP contribution < -0.4 is 5.56 Å². The van der Waals surface area contributed by atoms with Crippen molar-refractivity contribution in [2.45, 2.75) is 6.54 Å². The molecule has 1 amide bonds. The summed E-state index contributed by atoms with van der Waals surface area (Å²) < 4.78 is 2.45. The summed E-state index contributed by atoms with van der Waals surface area (Å²) in [6, 6.07) is 3.20. The highest BCUT2D eigenvalue weighted by Crippen LogP contribution is 2.17. The fourth-order valence-corrected chi connectivity index (χ4v) is 2.14. The van der Waals surface area contributed by atoms with E-state index in [0.29, 0.717) is 19.6 Å². The van der Waals surface area contributed by atoms with Gasteiger partial charge in [-0.15, -0.1) is 0 Å². The van der Waals surface area contributed by atoms with Gasteiger partial charge in [0.2, 0.25) is 0 Å². The van der Waals surface area contributed by atoms with E-state index in [-0.39, 0.29) is 11.5 Å². The molecular weight excluding hydrogens is 276 g/mol. The first-order valence-electron chi connectivity index (χ1n) is 4.90. The van der Waals surface area contributed by atoms with Crippen molar-refractivity contribution >= 4 is 22.0 Å². The first-order chi connectivity index (χ1) is 7.56. The van der Waals surface area contributed by atoms with E-state index < -0.39 is 6.09 Å². The van der Waals surface area contributed by atoms with E-state index in [0.717, 1.165) is 4.47 Å². The molecule has 1 fully saturated rings. The number of aromatic nitrogens is 1. The number of nitrogens with zero attached hydrogens (tertiary/aromatic N) is 2. The highest BCUT2D eigenvalue weighted by molar-refractivity contribution is 9.10. The van der Waals surface area contributed by atoms with E-state index in [9.17, 15) is 9.59 Å². The lowest BCUT2D eigenvalue weighted by molar-refractivity contribution is 0.0743. The molecule has 16 heavy (non-hydrogen) atoms. The summed E-state index contributed by atoms with van der Waals surface area (Å²) in [7, 11) is 0. The summed E-state index contributed by atoms with van der Waals surface area (Å²) >= 11 is 3.30. The monoisotopic (exact) mass is 286 g/mol. The highest BCUT2D eigenvalue weighted by atomic mass is 79.9. The predicted molar refractivity (Wildman–Crippen MR) is 61.5 cm³/mol. The normalized spacial score (nSPS) is 15.9. The third-order valence-electron chi connectivity index (χ3n) is 2.63. The molecule has 2 rings (SSSR count). The maximum absolute atomic E-state index is 11.5. The van der Waals surface area contributed by atoms with Crippen molar-refractivity contribution in [3.8, 4) is 0 Å². The van der Waals surface area contributed by atoms with E-state index in [4.69, 9.17) is 5.11 Å². The number of carbonyl (C=O) groups is 1. The van der Waals surface area contributed by atoms with Gasteiger partial charge in [-0.05, 0) is 22.0 Å². The number of halogens is 1. The van der Waals surface area contributed by atoms with E-state index in [1.54, 1.807) is 16.8 Å². The quantitative estimate of drug-likeness (QED) is 0.889. The fourth-order valence-electron chi connectivity index (χ4n) is 1.76. The van der Waals surface area contributed by atoms with Crippen LogP contribution in [0.15, 0.2) is 27.6 Å². The van der Waals surface area contributed by atoms with Gasteiger partial charge in [-0.3, -0.25) is 4.79 Å². The Hall–Kier alpha value is -1.30. The number of amides is 1. The lowest BCUT2D eigenvalue weighted by Crippen LogP contribution is -2.51. The number of hydrogen-bond acceptors (Lipinski definition) is 2. The molecule has 1 aliphatic rings. The van der Waals surface area contributed by atoms with Crippen LogP contribution in [0, 0.1) is 5.92 Å². The number of rotatable bonds is 2. The average molecular weight is 287 g/mol. The minimum Gasteiger partial charge on any atom is -0.465 e. The first-order valence-corrected chi connectivity index (χ1v) is 5.69. The maximum Gasteiger partial charge on any atom is 0.407 e. The molecule has 5 nitrogen and oxygen atoms in total. The fraction of sp³-hybridized carbons (Fsp3) is 0.400. The van der Waals surface area contributed by atoms with E-state index in [1.165, 1.54) is 11.0 Å². The summed E-state index contributed by atoms with van der Waals surface area (Å²) in [4.78, 5) is 23.4. The second-order valence-corrected chi connectivity index (χ2v) is 4.81. The molecule has 0 atom stereocenters. The van der Waals surface area contributed by atoms with Gasteiger partial charge >= 0.3 is 6.09 Å². The predicted octanol–water partition coefficient (Wildman–Crippen LogP) is 1.22. The SMILES string of the molecule is O=C(O)N1CC(Cn2cc(Br)ccc2=O)C1. The van der Waals surface area contributed by atoms with E-state index in [1.807, 2.05) is 0 Å². The molecule has 0 saturated carbocycles. The van der Waals surface area contributed by atoms with Crippen LogP contribution in [0.5, 0.6) is 0 Å². The summed E-state index contributed by atoms with van der Waals surface area (Å²) in [6.07, 6.45) is 0.837. The molecule has 1 aromatic heterocycles. The van der Waals surface area contributed by atoms with Crippen LogP contribution in [-0.4, -0.2) is 33.8 Å². The summed E-state index contributed by atoms with van der Waals surface area (Å²) in [5.74, 6) is 0.239. The molecule has 0 unspecified atom stereocenters. The van der Waals surface area contributed by atoms with Gasteiger partial charge < -0.3 is 14.6 Å². The Morgan fingerprint density at radius 3 is 2.81 bits per heavy atom. The van der Waals surface area contributed by atoms with Crippen LogP contribution in [0.2, 0.25) is 0 Å². The van der Waals surface area contributed by atoms with Crippen LogP contribution in [-0.2, 0) is 6.54 Å². The standard InChI is InChI=1S/C10H11BrN2O3/c11-8-1-2-9(14)12(6-8)3-7-4-13(5-7)10(15)16/h1-2,6-7H,3-5H2,(H,15,16). The Morgan fingerprint density at radius 1 is 1.50 bits per heavy atom. The van der Waals surface area contributed by atoms with Crippen molar-refractivity contribution in [1.82, 2.24) is 9.47 Å². The van der Waals surface area contributed by atoms with Gasteiger partial charge in [0.05, 0.1) is 0 Å². The van der Waals surface area contributed by atoms with E-state index >= 15 is 0 Å². The Kier molecular flexibility index (Phi) is 3.00. The van der Waals surface area contributed by atoms with Gasteiger partial charge in [-0.25, -0.2) is 4.79 Å². The smallest absolute Gasteiger partial charge is 0.407 e. The zero-order valence-corrected chi connectivity index (χ0v) is 10.1. The van der Waals surface area contributed by atoms with Gasteiger partial charge in [-0.2, -0.15) is 0 Å². The second-order valence-electron chi connectivity index (χ2n) is 3.89. The van der Waals surface area contributed by atoms with Crippen molar-refractivity contribution in [1.29, 1.82) is 0 Å². The number of carboxylic acid groups (broad SMARTS) is 1. The summed E-state index contributed by atoms with van der Waals surface area (Å²) in [5, 5.41) is 8.67. The minimum absolute atomic E-state index is 0.0584. The Morgan fingerprint density at radius 2 is 2.19 bits per heavy atom. The average Bonchev–Trinajstić information content (AvgIpc) is 2.15.